The van der Waals surface area contributed by atoms with Crippen LogP contribution in [0.25, 0.3) is 27.7 Å². The van der Waals surface area contributed by atoms with Gasteiger partial charge in [-0.2, -0.15) is 0 Å². The number of fused-ring (bicyclic) bond motifs is 1. The number of nitrogens with zero attached hydrogens (tertiary/aromatic N) is 4. The molecule has 0 N–H and O–H groups in total. The summed E-state index contributed by atoms with van der Waals surface area (Å²) in [6, 6.07) is 12.7. The number of hydrogen-bond acceptors (Lipinski definition) is 5. The number of hydrogen-bond donors (Lipinski definition) is 0. The van der Waals surface area contributed by atoms with E-state index in [1.165, 1.54) is 35.1 Å². The van der Waals surface area contributed by atoms with E-state index in [4.69, 9.17) is 16.1 Å². The lowest BCUT2D eigenvalue weighted by atomic mass is 9.63. The Balaban J connectivity index is 1.15. The van der Waals surface area contributed by atoms with Crippen molar-refractivity contribution in [2.24, 2.45) is 5.41 Å². The second kappa shape index (κ2) is 7.67. The molecule has 2 fully saturated rings. The van der Waals surface area contributed by atoms with Crippen LogP contribution in [-0.4, -0.2) is 28.2 Å². The molecule has 34 heavy (non-hydrogen) atoms. The molecule has 1 aromatic carbocycles. The van der Waals surface area contributed by atoms with E-state index >= 15 is 0 Å². The summed E-state index contributed by atoms with van der Waals surface area (Å²) in [5.74, 6) is 1.55. The maximum Gasteiger partial charge on any atom is 0.147 e. The molecule has 4 aromatic rings. The standard InChI is InChI=1S/C28H25ClN4O/c29-23-17-30-11-7-22(23)26-25(27(34-32-26)18-3-4-18)20-15-28(16-20)8-12-33(13-9-28)21-5-6-24-19(14-21)2-1-10-31-24/h1-2,5-7,10-11,14-15,17-18H,3-4,8-9,12-13,16H2. The molecular weight excluding hydrogens is 444 g/mol. The summed E-state index contributed by atoms with van der Waals surface area (Å²) in [6.07, 6.45) is 13.6. The first-order chi connectivity index (χ1) is 16.7. The van der Waals surface area contributed by atoms with Crippen molar-refractivity contribution in [1.29, 1.82) is 0 Å². The summed E-state index contributed by atoms with van der Waals surface area (Å²) in [5, 5.41) is 6.30. The largest absolute Gasteiger partial charge is 0.371 e. The zero-order valence-corrected chi connectivity index (χ0v) is 19.6. The molecular formula is C28H25ClN4O. The van der Waals surface area contributed by atoms with Gasteiger partial charge in [-0.1, -0.05) is 28.9 Å². The molecule has 1 saturated carbocycles. The molecule has 0 amide bonds. The van der Waals surface area contributed by atoms with E-state index in [-0.39, 0.29) is 5.41 Å². The Hall–Kier alpha value is -3.18. The third kappa shape index (κ3) is 3.33. The molecule has 0 radical (unpaired) electrons. The zero-order valence-electron chi connectivity index (χ0n) is 18.9. The van der Waals surface area contributed by atoms with E-state index in [9.17, 15) is 0 Å². The van der Waals surface area contributed by atoms with Gasteiger partial charge in [-0.25, -0.2) is 0 Å². The SMILES string of the molecule is Clc1cnccc1-c1noc(C2CC2)c1C1=CC2(CCN(c3ccc4ncccc4c3)CC2)C1. The first-order valence-electron chi connectivity index (χ1n) is 12.1. The molecule has 0 unspecified atom stereocenters. The first-order valence-corrected chi connectivity index (χ1v) is 12.5. The fourth-order valence-electron chi connectivity index (χ4n) is 5.66. The average molecular weight is 469 g/mol. The minimum Gasteiger partial charge on any atom is -0.371 e. The average Bonchev–Trinajstić information content (AvgIpc) is 3.61. The van der Waals surface area contributed by atoms with Crippen molar-refractivity contribution in [1.82, 2.24) is 15.1 Å². The number of aromatic nitrogens is 3. The van der Waals surface area contributed by atoms with Gasteiger partial charge in [0.2, 0.25) is 0 Å². The van der Waals surface area contributed by atoms with Crippen molar-refractivity contribution >= 4 is 33.8 Å². The van der Waals surface area contributed by atoms with Crippen molar-refractivity contribution < 1.29 is 4.52 Å². The van der Waals surface area contributed by atoms with Crippen molar-refractivity contribution in [3.8, 4) is 11.3 Å². The van der Waals surface area contributed by atoms with Gasteiger partial charge in [0.05, 0.1) is 10.5 Å². The van der Waals surface area contributed by atoms with Crippen molar-refractivity contribution in [3.63, 3.8) is 0 Å². The molecule has 3 aromatic heterocycles. The highest BCUT2D eigenvalue weighted by Crippen LogP contribution is 2.56. The van der Waals surface area contributed by atoms with Crippen LogP contribution in [0.1, 0.15) is 49.3 Å². The van der Waals surface area contributed by atoms with Gasteiger partial charge in [-0.3, -0.25) is 9.97 Å². The molecule has 170 valence electrons. The molecule has 5 nitrogen and oxygen atoms in total. The van der Waals surface area contributed by atoms with Crippen LogP contribution in [0, 0.1) is 5.41 Å². The van der Waals surface area contributed by atoms with Gasteiger partial charge in [0, 0.05) is 59.8 Å². The smallest absolute Gasteiger partial charge is 0.147 e. The Morgan fingerprint density at radius 1 is 1.06 bits per heavy atom. The first kappa shape index (κ1) is 20.2. The lowest BCUT2D eigenvalue weighted by Crippen LogP contribution is -2.42. The quantitative estimate of drug-likeness (QED) is 0.326. The Kier molecular flexibility index (Phi) is 4.56. The van der Waals surface area contributed by atoms with Gasteiger partial charge in [0.25, 0.3) is 0 Å². The van der Waals surface area contributed by atoms with E-state index in [1.807, 2.05) is 18.3 Å². The maximum absolute atomic E-state index is 6.48. The predicted octanol–water partition coefficient (Wildman–Crippen LogP) is 6.89. The number of anilines is 1. The van der Waals surface area contributed by atoms with E-state index in [0.29, 0.717) is 10.9 Å². The second-order valence-electron chi connectivity index (χ2n) is 9.98. The van der Waals surface area contributed by atoms with Gasteiger partial charge in [0.15, 0.2) is 0 Å². The third-order valence-corrected chi connectivity index (χ3v) is 8.05. The summed E-state index contributed by atoms with van der Waals surface area (Å²) in [6.45, 7) is 2.13. The van der Waals surface area contributed by atoms with Crippen LogP contribution >= 0.6 is 11.6 Å². The second-order valence-corrected chi connectivity index (χ2v) is 10.4. The van der Waals surface area contributed by atoms with Crippen molar-refractivity contribution in [3.05, 3.63) is 77.4 Å². The summed E-state index contributed by atoms with van der Waals surface area (Å²) in [7, 11) is 0. The van der Waals surface area contributed by atoms with Crippen LogP contribution in [0.5, 0.6) is 0 Å². The fraction of sp³-hybridized carbons (Fsp3) is 0.321. The van der Waals surface area contributed by atoms with E-state index in [1.54, 1.807) is 12.4 Å². The third-order valence-electron chi connectivity index (χ3n) is 7.75. The Morgan fingerprint density at radius 2 is 1.91 bits per heavy atom. The molecule has 1 saturated heterocycles. The Labute approximate surface area is 203 Å². The van der Waals surface area contributed by atoms with Crippen LogP contribution in [0.15, 0.2) is 65.6 Å². The normalized spacial score (nSPS) is 19.3. The van der Waals surface area contributed by atoms with Gasteiger partial charge in [-0.05, 0) is 73.4 Å². The maximum atomic E-state index is 6.48. The Bertz CT molecular complexity index is 1430. The summed E-state index contributed by atoms with van der Waals surface area (Å²) in [5.41, 5.74) is 6.96. The van der Waals surface area contributed by atoms with Crippen LogP contribution in [0.2, 0.25) is 5.02 Å². The zero-order chi connectivity index (χ0) is 22.7. The molecule has 7 rings (SSSR count). The van der Waals surface area contributed by atoms with Gasteiger partial charge in [-0.15, -0.1) is 0 Å². The summed E-state index contributed by atoms with van der Waals surface area (Å²) < 4.78 is 5.89. The fourth-order valence-corrected chi connectivity index (χ4v) is 5.87. The van der Waals surface area contributed by atoms with Gasteiger partial charge in [0.1, 0.15) is 11.5 Å². The van der Waals surface area contributed by atoms with E-state index < -0.39 is 0 Å². The number of piperidine rings is 1. The van der Waals surface area contributed by atoms with Crippen molar-refractivity contribution in [2.75, 3.05) is 18.0 Å². The highest BCUT2D eigenvalue weighted by molar-refractivity contribution is 6.33. The summed E-state index contributed by atoms with van der Waals surface area (Å²) >= 11 is 6.48. The van der Waals surface area contributed by atoms with Crippen LogP contribution in [0.3, 0.4) is 0 Å². The molecule has 0 bridgehead atoms. The molecule has 1 aliphatic heterocycles. The van der Waals surface area contributed by atoms with Crippen LogP contribution in [-0.2, 0) is 0 Å². The number of benzene rings is 1. The minimum absolute atomic E-state index is 0.279. The lowest BCUT2D eigenvalue weighted by molar-refractivity contribution is 0.277. The topological polar surface area (TPSA) is 55.1 Å². The van der Waals surface area contributed by atoms with Crippen molar-refractivity contribution in [2.45, 2.75) is 38.0 Å². The number of halogens is 1. The van der Waals surface area contributed by atoms with E-state index in [2.05, 4.69) is 50.4 Å². The van der Waals surface area contributed by atoms with Crippen LogP contribution in [0.4, 0.5) is 5.69 Å². The number of rotatable bonds is 4. The molecule has 0 atom stereocenters. The highest BCUT2D eigenvalue weighted by atomic mass is 35.5. The van der Waals surface area contributed by atoms with Crippen LogP contribution < -0.4 is 4.90 Å². The summed E-state index contributed by atoms with van der Waals surface area (Å²) in [4.78, 5) is 11.1. The predicted molar refractivity (Wildman–Crippen MR) is 135 cm³/mol. The van der Waals surface area contributed by atoms with Gasteiger partial charge < -0.3 is 9.42 Å². The molecule has 3 aliphatic rings. The highest BCUT2D eigenvalue weighted by Gasteiger charge is 2.43. The number of pyridine rings is 2. The molecule has 4 heterocycles. The molecule has 1 spiro atoms. The number of allylic oxidation sites excluding steroid dienone is 2. The van der Waals surface area contributed by atoms with Gasteiger partial charge >= 0.3 is 0 Å². The Morgan fingerprint density at radius 3 is 2.71 bits per heavy atom. The minimum atomic E-state index is 0.279. The molecule has 6 heteroatoms. The molecule has 2 aliphatic carbocycles. The monoisotopic (exact) mass is 468 g/mol. The lowest BCUT2D eigenvalue weighted by Gasteiger charge is -2.47. The van der Waals surface area contributed by atoms with E-state index in [0.717, 1.165) is 54.9 Å².